The minimum Gasteiger partial charge on any atom is -0.465 e. The normalized spacial score (nSPS) is 9.89. The number of esters is 1. The first-order valence-electron chi connectivity index (χ1n) is 5.58. The molecule has 92 valence electrons. The number of rotatable bonds is 3. The zero-order valence-corrected chi connectivity index (χ0v) is 10.3. The Balaban J connectivity index is 2.28. The number of anilines is 2. The highest BCUT2D eigenvalue weighted by Gasteiger charge is 2.12. The number of nitrogens with one attached hydrogen (secondary N) is 1. The van der Waals surface area contributed by atoms with Gasteiger partial charge in [0, 0.05) is 11.9 Å². The highest BCUT2D eigenvalue weighted by Crippen LogP contribution is 2.19. The van der Waals surface area contributed by atoms with Gasteiger partial charge in [-0.1, -0.05) is 17.7 Å². The highest BCUT2D eigenvalue weighted by molar-refractivity contribution is 5.95. The number of carbonyl (C=O) groups is 1. The largest absolute Gasteiger partial charge is 0.465 e. The smallest absolute Gasteiger partial charge is 0.341 e. The first kappa shape index (κ1) is 12.1. The Kier molecular flexibility index (Phi) is 3.57. The van der Waals surface area contributed by atoms with E-state index in [1.165, 1.54) is 12.7 Å². The lowest BCUT2D eigenvalue weighted by molar-refractivity contribution is 0.0601. The third kappa shape index (κ3) is 2.66. The van der Waals surface area contributed by atoms with Crippen molar-refractivity contribution >= 4 is 17.5 Å². The molecule has 1 N–H and O–H groups in total. The fourth-order valence-corrected chi connectivity index (χ4v) is 1.55. The fourth-order valence-electron chi connectivity index (χ4n) is 1.55. The molecule has 0 aliphatic carbocycles. The Labute approximate surface area is 106 Å². The van der Waals surface area contributed by atoms with E-state index < -0.39 is 5.97 Å². The maximum Gasteiger partial charge on any atom is 0.341 e. The number of benzene rings is 1. The maximum atomic E-state index is 11.6. The van der Waals surface area contributed by atoms with Gasteiger partial charge in [0.15, 0.2) is 0 Å². The maximum absolute atomic E-state index is 11.6. The summed E-state index contributed by atoms with van der Waals surface area (Å²) in [4.78, 5) is 15.7. The Hall–Kier alpha value is -2.36. The molecule has 2 aromatic rings. The van der Waals surface area contributed by atoms with Crippen LogP contribution in [0.15, 0.2) is 42.6 Å². The SMILES string of the molecule is COC(=O)c1cccnc1Nc1ccc(C)cc1. The Morgan fingerprint density at radius 3 is 2.61 bits per heavy atom. The van der Waals surface area contributed by atoms with Gasteiger partial charge < -0.3 is 10.1 Å². The van der Waals surface area contributed by atoms with Crippen LogP contribution >= 0.6 is 0 Å². The van der Waals surface area contributed by atoms with Crippen molar-refractivity contribution < 1.29 is 9.53 Å². The van der Waals surface area contributed by atoms with Gasteiger partial charge in [-0.05, 0) is 31.2 Å². The molecule has 4 heteroatoms. The van der Waals surface area contributed by atoms with Gasteiger partial charge in [0.05, 0.1) is 7.11 Å². The molecule has 18 heavy (non-hydrogen) atoms. The fraction of sp³-hybridized carbons (Fsp3) is 0.143. The van der Waals surface area contributed by atoms with Crippen molar-refractivity contribution in [1.82, 2.24) is 4.98 Å². The zero-order chi connectivity index (χ0) is 13.0. The van der Waals surface area contributed by atoms with E-state index in [4.69, 9.17) is 4.74 Å². The van der Waals surface area contributed by atoms with Crippen LogP contribution in [0.3, 0.4) is 0 Å². The van der Waals surface area contributed by atoms with E-state index >= 15 is 0 Å². The van der Waals surface area contributed by atoms with Crippen LogP contribution in [0.2, 0.25) is 0 Å². The van der Waals surface area contributed by atoms with E-state index in [-0.39, 0.29) is 0 Å². The molecule has 0 aliphatic heterocycles. The van der Waals surface area contributed by atoms with E-state index in [9.17, 15) is 4.79 Å². The average molecular weight is 242 g/mol. The topological polar surface area (TPSA) is 51.2 Å². The molecule has 0 aliphatic rings. The summed E-state index contributed by atoms with van der Waals surface area (Å²) in [5.41, 5.74) is 2.47. The molecule has 0 amide bonds. The zero-order valence-electron chi connectivity index (χ0n) is 10.3. The lowest BCUT2D eigenvalue weighted by atomic mass is 10.2. The first-order chi connectivity index (χ1) is 8.70. The molecule has 0 unspecified atom stereocenters. The van der Waals surface area contributed by atoms with E-state index in [1.807, 2.05) is 31.2 Å². The lowest BCUT2D eigenvalue weighted by Gasteiger charge is -2.09. The standard InChI is InChI=1S/C14H14N2O2/c1-10-5-7-11(8-6-10)16-13-12(14(17)18-2)4-3-9-15-13/h3-9H,1-2H3,(H,15,16). The number of nitrogens with zero attached hydrogens (tertiary/aromatic N) is 1. The van der Waals surface area contributed by atoms with Crippen LogP contribution in [-0.2, 0) is 4.74 Å². The highest BCUT2D eigenvalue weighted by atomic mass is 16.5. The molecule has 0 saturated heterocycles. The number of methoxy groups -OCH3 is 1. The van der Waals surface area contributed by atoms with Crippen LogP contribution in [-0.4, -0.2) is 18.1 Å². The van der Waals surface area contributed by atoms with Crippen molar-refractivity contribution in [1.29, 1.82) is 0 Å². The van der Waals surface area contributed by atoms with Crippen molar-refractivity contribution in [3.8, 4) is 0 Å². The number of hydrogen-bond acceptors (Lipinski definition) is 4. The first-order valence-corrected chi connectivity index (χ1v) is 5.58. The van der Waals surface area contributed by atoms with Crippen molar-refractivity contribution in [2.24, 2.45) is 0 Å². The summed E-state index contributed by atoms with van der Waals surface area (Å²) < 4.78 is 4.71. The Morgan fingerprint density at radius 2 is 1.94 bits per heavy atom. The average Bonchev–Trinajstić information content (AvgIpc) is 2.41. The molecular weight excluding hydrogens is 228 g/mol. The molecule has 1 heterocycles. The van der Waals surface area contributed by atoms with Crippen molar-refractivity contribution in [2.75, 3.05) is 12.4 Å². The Bertz CT molecular complexity index is 550. The van der Waals surface area contributed by atoms with Crippen molar-refractivity contribution in [3.63, 3.8) is 0 Å². The third-order valence-corrected chi connectivity index (χ3v) is 2.53. The second kappa shape index (κ2) is 5.31. The number of aromatic nitrogens is 1. The summed E-state index contributed by atoms with van der Waals surface area (Å²) in [6, 6.07) is 11.2. The van der Waals surface area contributed by atoms with E-state index in [0.717, 1.165) is 5.69 Å². The lowest BCUT2D eigenvalue weighted by Crippen LogP contribution is -2.06. The molecule has 4 nitrogen and oxygen atoms in total. The summed E-state index contributed by atoms with van der Waals surface area (Å²) >= 11 is 0. The van der Waals surface area contributed by atoms with Crippen LogP contribution in [0.1, 0.15) is 15.9 Å². The molecule has 2 rings (SSSR count). The van der Waals surface area contributed by atoms with E-state index in [0.29, 0.717) is 11.4 Å². The number of carbonyl (C=O) groups excluding carboxylic acids is 1. The minimum atomic E-state index is -0.405. The monoisotopic (exact) mass is 242 g/mol. The van der Waals surface area contributed by atoms with E-state index in [2.05, 4.69) is 10.3 Å². The number of pyridine rings is 1. The van der Waals surface area contributed by atoms with Gasteiger partial charge >= 0.3 is 5.97 Å². The number of hydrogen-bond donors (Lipinski definition) is 1. The summed E-state index contributed by atoms with van der Waals surface area (Å²) in [7, 11) is 1.35. The Morgan fingerprint density at radius 1 is 1.22 bits per heavy atom. The van der Waals surface area contributed by atoms with Crippen LogP contribution in [0.5, 0.6) is 0 Å². The molecular formula is C14H14N2O2. The summed E-state index contributed by atoms with van der Waals surface area (Å²) in [6.45, 7) is 2.02. The summed E-state index contributed by atoms with van der Waals surface area (Å²) in [5, 5.41) is 3.10. The summed E-state index contributed by atoms with van der Waals surface area (Å²) in [6.07, 6.45) is 1.63. The predicted octanol–water partition coefficient (Wildman–Crippen LogP) is 2.92. The van der Waals surface area contributed by atoms with Crippen LogP contribution < -0.4 is 5.32 Å². The van der Waals surface area contributed by atoms with Gasteiger partial charge in [-0.15, -0.1) is 0 Å². The van der Waals surface area contributed by atoms with Gasteiger partial charge in [-0.3, -0.25) is 0 Å². The van der Waals surface area contributed by atoms with Gasteiger partial charge in [-0.25, -0.2) is 9.78 Å². The molecule has 0 saturated carbocycles. The molecule has 0 spiro atoms. The summed E-state index contributed by atoms with van der Waals surface area (Å²) in [5.74, 6) is 0.0888. The van der Waals surface area contributed by atoms with Gasteiger partial charge in [-0.2, -0.15) is 0 Å². The molecule has 1 aromatic heterocycles. The van der Waals surface area contributed by atoms with Gasteiger partial charge in [0.25, 0.3) is 0 Å². The number of aryl methyl sites for hydroxylation is 1. The molecule has 0 fully saturated rings. The molecule has 0 atom stereocenters. The van der Waals surface area contributed by atoms with Crippen LogP contribution in [0.4, 0.5) is 11.5 Å². The van der Waals surface area contributed by atoms with Crippen LogP contribution in [0.25, 0.3) is 0 Å². The van der Waals surface area contributed by atoms with Gasteiger partial charge in [0.2, 0.25) is 0 Å². The van der Waals surface area contributed by atoms with Crippen molar-refractivity contribution in [2.45, 2.75) is 6.92 Å². The number of ether oxygens (including phenoxy) is 1. The second-order valence-electron chi connectivity index (χ2n) is 3.88. The molecule has 0 bridgehead atoms. The quantitative estimate of drug-likeness (QED) is 0.841. The minimum absolute atomic E-state index is 0.405. The third-order valence-electron chi connectivity index (χ3n) is 2.53. The van der Waals surface area contributed by atoms with E-state index in [1.54, 1.807) is 18.3 Å². The van der Waals surface area contributed by atoms with Crippen LogP contribution in [0, 0.1) is 6.92 Å². The van der Waals surface area contributed by atoms with Crippen molar-refractivity contribution in [3.05, 3.63) is 53.7 Å². The molecule has 0 radical (unpaired) electrons. The predicted molar refractivity (Wildman–Crippen MR) is 70.0 cm³/mol. The van der Waals surface area contributed by atoms with Gasteiger partial charge in [0.1, 0.15) is 11.4 Å². The second-order valence-corrected chi connectivity index (χ2v) is 3.88. The molecule has 1 aromatic carbocycles.